The van der Waals surface area contributed by atoms with Gasteiger partial charge in [-0.1, -0.05) is 36.4 Å². The second-order valence-electron chi connectivity index (χ2n) is 4.30. The van der Waals surface area contributed by atoms with Gasteiger partial charge in [0.05, 0.1) is 6.04 Å². The van der Waals surface area contributed by atoms with Gasteiger partial charge in [0.1, 0.15) is 12.3 Å². The predicted octanol–water partition coefficient (Wildman–Crippen LogP) is -3.52. The van der Waals surface area contributed by atoms with Crippen LogP contribution in [0.3, 0.4) is 0 Å². The summed E-state index contributed by atoms with van der Waals surface area (Å²) in [5, 5.41) is 0. The zero-order chi connectivity index (χ0) is 12.2. The number of pyridine rings is 1. The topological polar surface area (TPSA) is 34.5 Å². The van der Waals surface area contributed by atoms with E-state index in [1.165, 1.54) is 5.56 Å². The van der Waals surface area contributed by atoms with Crippen LogP contribution in [0.25, 0.3) is 0 Å². The largest absolute Gasteiger partial charge is 2.00 e. The van der Waals surface area contributed by atoms with E-state index in [-0.39, 0.29) is 51.9 Å². The van der Waals surface area contributed by atoms with Crippen molar-refractivity contribution in [3.63, 3.8) is 0 Å². The Bertz CT molecular complexity index is 552. The van der Waals surface area contributed by atoms with Crippen molar-refractivity contribution in [1.29, 1.82) is 0 Å². The molecule has 0 radical (unpaired) electrons. The summed E-state index contributed by atoms with van der Waals surface area (Å²) in [7, 11) is 0. The maximum Gasteiger partial charge on any atom is 2.00 e. The minimum atomic E-state index is 0. The summed E-state index contributed by atoms with van der Waals surface area (Å²) in [6, 6.07) is 16.3. The molecule has 0 saturated heterocycles. The average molecular weight is 504 g/mol. The Balaban J connectivity index is 0.00000133. The van der Waals surface area contributed by atoms with Crippen molar-refractivity contribution in [2.75, 3.05) is 6.61 Å². The van der Waals surface area contributed by atoms with Crippen molar-refractivity contribution in [3.8, 4) is 0 Å². The molecule has 0 amide bonds. The van der Waals surface area contributed by atoms with Gasteiger partial charge in [-0.05, 0) is 24.1 Å². The fraction of sp³-hybridized carbons (Fsp3) is 0.200. The Morgan fingerprint density at radius 1 is 1.00 bits per heavy atom. The molecule has 6 heteroatoms. The van der Waals surface area contributed by atoms with Gasteiger partial charge in [0.2, 0.25) is 5.90 Å². The first-order valence-corrected chi connectivity index (χ1v) is 6.08. The van der Waals surface area contributed by atoms with E-state index in [9.17, 15) is 0 Å². The van der Waals surface area contributed by atoms with Gasteiger partial charge in [-0.15, -0.1) is 0 Å². The van der Waals surface area contributed by atoms with Crippen LogP contribution in [0.5, 0.6) is 0 Å². The van der Waals surface area contributed by atoms with Gasteiger partial charge in [-0.2, -0.15) is 0 Å². The van der Waals surface area contributed by atoms with E-state index in [2.05, 4.69) is 34.2 Å². The van der Waals surface area contributed by atoms with E-state index in [1.807, 2.05) is 24.3 Å². The van der Waals surface area contributed by atoms with Gasteiger partial charge in [-0.25, -0.2) is 4.99 Å². The second kappa shape index (κ2) is 9.94. The maximum absolute atomic E-state index is 5.61. The molecule has 2 aromatic rings. The smallest absolute Gasteiger partial charge is 1.00 e. The summed E-state index contributed by atoms with van der Waals surface area (Å²) in [4.78, 5) is 8.83. The zero-order valence-electron chi connectivity index (χ0n) is 11.1. The first-order valence-electron chi connectivity index (χ1n) is 6.08. The average Bonchev–Trinajstić information content (AvgIpc) is 2.89. The number of nitrogens with zero attached hydrogens (tertiary/aromatic N) is 2. The van der Waals surface area contributed by atoms with Gasteiger partial charge >= 0.3 is 21.1 Å². The minimum Gasteiger partial charge on any atom is -1.00 e. The summed E-state index contributed by atoms with van der Waals surface area (Å²) in [6.45, 7) is 0.640. The Morgan fingerprint density at radius 3 is 2.38 bits per heavy atom. The molecule has 3 rings (SSSR count). The summed E-state index contributed by atoms with van der Waals surface area (Å²) in [5.41, 5.74) is 2.10. The molecule has 0 spiro atoms. The number of hydrogen-bond donors (Lipinski definition) is 0. The van der Waals surface area contributed by atoms with E-state index in [0.717, 1.165) is 12.1 Å². The van der Waals surface area contributed by atoms with E-state index in [0.29, 0.717) is 12.5 Å². The van der Waals surface area contributed by atoms with Gasteiger partial charge in [-0.3, -0.25) is 4.98 Å². The molecule has 0 aliphatic carbocycles. The number of aliphatic imine (C=N–C) groups is 1. The van der Waals surface area contributed by atoms with Crippen molar-refractivity contribution in [3.05, 3.63) is 66.0 Å². The normalized spacial score (nSPS) is 15.6. The molecule has 0 unspecified atom stereocenters. The summed E-state index contributed by atoms with van der Waals surface area (Å²) >= 11 is 0. The monoisotopic (exact) mass is 503 g/mol. The first-order chi connectivity index (χ1) is 8.92. The molecule has 114 valence electrons. The third kappa shape index (κ3) is 5.43. The van der Waals surface area contributed by atoms with Crippen molar-refractivity contribution in [2.24, 2.45) is 4.99 Å². The zero-order valence-corrected chi connectivity index (χ0v) is 14.8. The van der Waals surface area contributed by atoms with Crippen LogP contribution in [0.15, 0.2) is 59.7 Å². The van der Waals surface area contributed by atoms with Crippen LogP contribution in [0.2, 0.25) is 0 Å². The molecule has 0 fully saturated rings. The fourth-order valence-electron chi connectivity index (χ4n) is 2.04. The van der Waals surface area contributed by atoms with E-state index < -0.39 is 0 Å². The molecule has 1 aromatic carbocycles. The number of rotatable bonds is 3. The number of benzene rings is 1. The Morgan fingerprint density at radius 2 is 1.71 bits per heavy atom. The van der Waals surface area contributed by atoms with E-state index >= 15 is 0 Å². The van der Waals surface area contributed by atoms with E-state index in [4.69, 9.17) is 4.74 Å². The fourth-order valence-corrected chi connectivity index (χ4v) is 2.04. The third-order valence-corrected chi connectivity index (χ3v) is 2.91. The van der Waals surface area contributed by atoms with Crippen molar-refractivity contribution in [1.82, 2.24) is 4.98 Å². The summed E-state index contributed by atoms with van der Waals surface area (Å²) in [5.74, 6) is 0.663. The molecule has 0 bridgehead atoms. The van der Waals surface area contributed by atoms with Crippen LogP contribution in [0, 0.1) is 0 Å². The first kappa shape index (κ1) is 20.1. The van der Waals surface area contributed by atoms with Crippen LogP contribution in [0.4, 0.5) is 0 Å². The second-order valence-corrected chi connectivity index (χ2v) is 4.30. The van der Waals surface area contributed by atoms with Gasteiger partial charge < -0.3 is 29.6 Å². The van der Waals surface area contributed by atoms with Gasteiger partial charge in [0.25, 0.3) is 0 Å². The number of ether oxygens (including phenoxy) is 1. The van der Waals surface area contributed by atoms with Crippen molar-refractivity contribution >= 4 is 5.90 Å². The molecule has 0 saturated carbocycles. The molecule has 1 atom stereocenters. The number of aromatic nitrogens is 1. The SMILES string of the molecule is [Cl-].[Cl-].[Pt+2].c1ccc(C[C@@H]2COC(c3ccccn3)=N2)cc1. The molecular formula is C15H14Cl2N2OPt. The number of hydrogen-bond acceptors (Lipinski definition) is 3. The molecule has 1 aliphatic heterocycles. The van der Waals surface area contributed by atoms with Crippen molar-refractivity contribution < 1.29 is 50.6 Å². The van der Waals surface area contributed by atoms with E-state index in [1.54, 1.807) is 6.20 Å². The molecule has 1 aromatic heterocycles. The predicted molar refractivity (Wildman–Crippen MR) is 70.7 cm³/mol. The maximum atomic E-state index is 5.61. The third-order valence-electron chi connectivity index (χ3n) is 2.91. The summed E-state index contributed by atoms with van der Waals surface area (Å²) in [6.07, 6.45) is 2.67. The van der Waals surface area contributed by atoms with Gasteiger partial charge in [0.15, 0.2) is 0 Å². The Kier molecular flexibility index (Phi) is 9.52. The minimum absolute atomic E-state index is 0. The molecule has 2 heterocycles. The standard InChI is InChI=1S/C15H14N2O.2ClH.Pt/c1-2-6-12(7-3-1)10-13-11-18-15(17-13)14-8-4-5-9-16-14;;;/h1-9,13H,10-11H2;2*1H;/q;;;+2/p-2/t13-;;;/m1.../s1. The van der Waals surface area contributed by atoms with Crippen molar-refractivity contribution in [2.45, 2.75) is 12.5 Å². The molecular weight excluding hydrogens is 490 g/mol. The van der Waals surface area contributed by atoms with Crippen LogP contribution in [-0.4, -0.2) is 23.5 Å². The van der Waals surface area contributed by atoms with Gasteiger partial charge in [0, 0.05) is 6.20 Å². The molecule has 3 nitrogen and oxygen atoms in total. The molecule has 1 aliphatic rings. The van der Waals surface area contributed by atoms with Crippen LogP contribution in [0.1, 0.15) is 11.3 Å². The Labute approximate surface area is 151 Å². The quantitative estimate of drug-likeness (QED) is 0.435. The molecule has 21 heavy (non-hydrogen) atoms. The van der Waals surface area contributed by atoms with Crippen LogP contribution >= 0.6 is 0 Å². The molecule has 0 N–H and O–H groups in total. The number of halogens is 2. The summed E-state index contributed by atoms with van der Waals surface area (Å²) < 4.78 is 5.61. The Hall–Kier alpha value is -0.892. The van der Waals surface area contributed by atoms with Crippen LogP contribution < -0.4 is 24.8 Å². The van der Waals surface area contributed by atoms with Crippen LogP contribution in [-0.2, 0) is 32.2 Å².